The first-order valence-electron chi connectivity index (χ1n) is 7.24. The summed E-state index contributed by atoms with van der Waals surface area (Å²) in [6, 6.07) is 0.536. The van der Waals surface area contributed by atoms with E-state index in [0.717, 1.165) is 5.56 Å². The molecule has 1 aliphatic carbocycles. The fourth-order valence-corrected chi connectivity index (χ4v) is 4.35. The van der Waals surface area contributed by atoms with Crippen molar-refractivity contribution in [2.75, 3.05) is 13.1 Å². The molecule has 2 rings (SSSR count). The molecule has 6 heteroatoms. The molecule has 1 heterocycles. The van der Waals surface area contributed by atoms with Gasteiger partial charge in [-0.2, -0.15) is 4.31 Å². The van der Waals surface area contributed by atoms with Gasteiger partial charge >= 0.3 is 0 Å². The number of aryl methyl sites for hydroxylation is 2. The van der Waals surface area contributed by atoms with Crippen LogP contribution in [0, 0.1) is 13.8 Å². The van der Waals surface area contributed by atoms with Gasteiger partial charge in [0.2, 0.25) is 10.0 Å². The van der Waals surface area contributed by atoms with Crippen LogP contribution in [0.15, 0.2) is 9.31 Å². The molecule has 0 atom stereocenters. The Morgan fingerprint density at radius 3 is 2.30 bits per heavy atom. The molecule has 0 bridgehead atoms. The Morgan fingerprint density at radius 2 is 1.80 bits per heavy atom. The molecule has 0 saturated heterocycles. The normalized spacial score (nSPS) is 16.1. The summed E-state index contributed by atoms with van der Waals surface area (Å²) in [6.07, 6.45) is 2.35. The lowest BCUT2D eigenvalue weighted by atomic mass is 10.2. The summed E-state index contributed by atoms with van der Waals surface area (Å²) in [4.78, 5) is 0.354. The minimum Gasteiger partial charge on any atom is -0.465 e. The Morgan fingerprint density at radius 1 is 1.20 bits per heavy atom. The minimum atomic E-state index is -3.47. The lowest BCUT2D eigenvalue weighted by Gasteiger charge is -2.19. The highest BCUT2D eigenvalue weighted by Gasteiger charge is 2.31. The van der Waals surface area contributed by atoms with E-state index in [4.69, 9.17) is 4.42 Å². The van der Waals surface area contributed by atoms with Crippen LogP contribution in [0.2, 0.25) is 0 Å². The minimum absolute atomic E-state index is 0.354. The van der Waals surface area contributed by atoms with E-state index in [2.05, 4.69) is 5.32 Å². The fourth-order valence-electron chi connectivity index (χ4n) is 2.48. The number of rotatable bonds is 7. The predicted octanol–water partition coefficient (Wildman–Crippen LogP) is 2.18. The van der Waals surface area contributed by atoms with Crippen molar-refractivity contribution < 1.29 is 12.8 Å². The molecule has 0 spiro atoms. The van der Waals surface area contributed by atoms with Crippen LogP contribution in [0.1, 0.15) is 43.8 Å². The van der Waals surface area contributed by atoms with Gasteiger partial charge in [-0.1, -0.05) is 13.8 Å². The van der Waals surface area contributed by atoms with Gasteiger partial charge in [-0.15, -0.1) is 0 Å². The van der Waals surface area contributed by atoms with Crippen molar-refractivity contribution in [3.63, 3.8) is 0 Å². The number of sulfonamides is 1. The van der Waals surface area contributed by atoms with Gasteiger partial charge < -0.3 is 9.73 Å². The number of hydrogen-bond donors (Lipinski definition) is 1. The molecule has 1 saturated carbocycles. The van der Waals surface area contributed by atoms with Gasteiger partial charge in [0, 0.05) is 31.2 Å². The van der Waals surface area contributed by atoms with Crippen LogP contribution >= 0.6 is 0 Å². The first-order valence-corrected chi connectivity index (χ1v) is 8.68. The lowest BCUT2D eigenvalue weighted by molar-refractivity contribution is 0.440. The van der Waals surface area contributed by atoms with Crippen molar-refractivity contribution in [2.24, 2.45) is 0 Å². The largest absolute Gasteiger partial charge is 0.465 e. The summed E-state index contributed by atoms with van der Waals surface area (Å²) in [5, 5.41) is 3.37. The van der Waals surface area contributed by atoms with Crippen molar-refractivity contribution in [1.82, 2.24) is 9.62 Å². The predicted molar refractivity (Wildman–Crippen MR) is 78.2 cm³/mol. The summed E-state index contributed by atoms with van der Waals surface area (Å²) in [6.45, 7) is 8.76. The molecule has 1 fully saturated rings. The molecule has 1 aliphatic rings. The highest BCUT2D eigenvalue weighted by Crippen LogP contribution is 2.30. The number of hydrogen-bond acceptors (Lipinski definition) is 4. The Labute approximate surface area is 121 Å². The van der Waals surface area contributed by atoms with Crippen molar-refractivity contribution in [3.05, 3.63) is 17.1 Å². The highest BCUT2D eigenvalue weighted by atomic mass is 32.2. The van der Waals surface area contributed by atoms with E-state index < -0.39 is 10.0 Å². The van der Waals surface area contributed by atoms with Crippen molar-refractivity contribution in [3.8, 4) is 0 Å². The zero-order valence-corrected chi connectivity index (χ0v) is 13.5. The van der Waals surface area contributed by atoms with Crippen LogP contribution in [0.5, 0.6) is 0 Å². The lowest BCUT2D eigenvalue weighted by Crippen LogP contribution is -2.32. The average Bonchev–Trinajstić information content (AvgIpc) is 3.14. The molecule has 20 heavy (non-hydrogen) atoms. The zero-order valence-electron chi connectivity index (χ0n) is 12.7. The topological polar surface area (TPSA) is 62.6 Å². The summed E-state index contributed by atoms with van der Waals surface area (Å²) in [5.74, 6) is 1.18. The van der Waals surface area contributed by atoms with Gasteiger partial charge in [-0.3, -0.25) is 0 Å². The van der Waals surface area contributed by atoms with Gasteiger partial charge in [-0.25, -0.2) is 8.42 Å². The maximum Gasteiger partial charge on any atom is 0.246 e. The summed E-state index contributed by atoms with van der Waals surface area (Å²) < 4.78 is 32.6. The molecular weight excluding hydrogens is 276 g/mol. The smallest absolute Gasteiger partial charge is 0.246 e. The quantitative estimate of drug-likeness (QED) is 0.838. The molecule has 5 nitrogen and oxygen atoms in total. The monoisotopic (exact) mass is 300 g/mol. The average molecular weight is 300 g/mol. The SMILES string of the molecule is CCN(CC)S(=O)(=O)c1c(C)oc(C)c1CNC1CC1. The van der Waals surface area contributed by atoms with Crippen LogP contribution in [0.4, 0.5) is 0 Å². The maximum atomic E-state index is 12.7. The molecular formula is C14H24N2O3S. The molecule has 1 aromatic rings. The summed E-state index contributed by atoms with van der Waals surface area (Å²) >= 11 is 0. The fraction of sp³-hybridized carbons (Fsp3) is 0.714. The van der Waals surface area contributed by atoms with Gasteiger partial charge in [0.15, 0.2) is 0 Å². The third kappa shape index (κ3) is 2.92. The standard InChI is InChI=1S/C14H24N2O3S/c1-5-16(6-2)20(17,18)14-11(4)19-10(3)13(14)9-15-12-7-8-12/h12,15H,5-9H2,1-4H3. The molecule has 0 amide bonds. The Hall–Kier alpha value is -0.850. The molecule has 0 aromatic carbocycles. The number of nitrogens with zero attached hydrogens (tertiary/aromatic N) is 1. The zero-order chi connectivity index (χ0) is 14.9. The van der Waals surface area contributed by atoms with Crippen molar-refractivity contribution in [1.29, 1.82) is 0 Å². The van der Waals surface area contributed by atoms with Crippen LogP contribution < -0.4 is 5.32 Å². The summed E-state index contributed by atoms with van der Waals surface area (Å²) in [7, 11) is -3.47. The number of furan rings is 1. The van der Waals surface area contributed by atoms with E-state index in [0.29, 0.717) is 42.1 Å². The Bertz CT molecular complexity index is 569. The molecule has 114 valence electrons. The number of nitrogens with one attached hydrogen (secondary N) is 1. The second-order valence-electron chi connectivity index (χ2n) is 5.27. The van der Waals surface area contributed by atoms with E-state index in [-0.39, 0.29) is 0 Å². The van der Waals surface area contributed by atoms with E-state index >= 15 is 0 Å². The van der Waals surface area contributed by atoms with E-state index in [1.165, 1.54) is 17.1 Å². The third-order valence-electron chi connectivity index (χ3n) is 3.77. The Kier molecular flexibility index (Phi) is 4.56. The van der Waals surface area contributed by atoms with Crippen molar-refractivity contribution >= 4 is 10.0 Å². The van der Waals surface area contributed by atoms with E-state index in [1.807, 2.05) is 20.8 Å². The van der Waals surface area contributed by atoms with Gasteiger partial charge in [0.1, 0.15) is 16.4 Å². The highest BCUT2D eigenvalue weighted by molar-refractivity contribution is 7.89. The van der Waals surface area contributed by atoms with Crippen LogP contribution in [-0.4, -0.2) is 31.9 Å². The van der Waals surface area contributed by atoms with E-state index in [1.54, 1.807) is 6.92 Å². The third-order valence-corrected chi connectivity index (χ3v) is 6.02. The van der Waals surface area contributed by atoms with Gasteiger partial charge in [0.25, 0.3) is 0 Å². The summed E-state index contributed by atoms with van der Waals surface area (Å²) in [5.41, 5.74) is 0.779. The molecule has 1 N–H and O–H groups in total. The van der Waals surface area contributed by atoms with Gasteiger partial charge in [0.05, 0.1) is 0 Å². The van der Waals surface area contributed by atoms with Crippen molar-refractivity contribution in [2.45, 2.75) is 58.0 Å². The molecule has 0 unspecified atom stereocenters. The van der Waals surface area contributed by atoms with Crippen LogP contribution in [-0.2, 0) is 16.6 Å². The Balaban J connectivity index is 2.38. The molecule has 0 radical (unpaired) electrons. The first-order chi connectivity index (χ1) is 9.41. The second kappa shape index (κ2) is 5.87. The molecule has 1 aromatic heterocycles. The van der Waals surface area contributed by atoms with E-state index in [9.17, 15) is 8.42 Å². The maximum absolute atomic E-state index is 12.7. The second-order valence-corrected chi connectivity index (χ2v) is 7.14. The van der Waals surface area contributed by atoms with Crippen LogP contribution in [0.3, 0.4) is 0 Å². The van der Waals surface area contributed by atoms with Gasteiger partial charge in [-0.05, 0) is 26.7 Å². The first kappa shape index (κ1) is 15.5. The molecule has 0 aliphatic heterocycles. The van der Waals surface area contributed by atoms with Crippen LogP contribution in [0.25, 0.3) is 0 Å².